The first-order valence-electron chi connectivity index (χ1n) is 8.31. The van der Waals surface area contributed by atoms with Gasteiger partial charge < -0.3 is 5.32 Å². The number of benzene rings is 1. The van der Waals surface area contributed by atoms with E-state index in [1.165, 1.54) is 37.5 Å². The minimum atomic E-state index is 0.849. The molecule has 1 aromatic heterocycles. The first-order chi connectivity index (χ1) is 10.3. The zero-order valence-corrected chi connectivity index (χ0v) is 13.4. The molecule has 0 unspecified atom stereocenters. The van der Waals surface area contributed by atoms with Crippen molar-refractivity contribution in [3.63, 3.8) is 0 Å². The average Bonchev–Trinajstić information content (AvgIpc) is 2.49. The van der Waals surface area contributed by atoms with Gasteiger partial charge in [-0.05, 0) is 31.0 Å². The maximum Gasteiger partial charge on any atom is 0.0705 e. The van der Waals surface area contributed by atoms with Gasteiger partial charge >= 0.3 is 0 Å². The van der Waals surface area contributed by atoms with Crippen molar-refractivity contribution in [1.82, 2.24) is 10.3 Å². The van der Waals surface area contributed by atoms with Crippen LogP contribution in [0.2, 0.25) is 0 Å². The predicted octanol–water partition coefficient (Wildman–Crippen LogP) is 4.93. The van der Waals surface area contributed by atoms with Gasteiger partial charge in [0.1, 0.15) is 0 Å². The highest BCUT2D eigenvalue weighted by molar-refractivity contribution is 5.78. The molecule has 2 aromatic rings. The van der Waals surface area contributed by atoms with E-state index in [-0.39, 0.29) is 0 Å². The predicted molar refractivity (Wildman–Crippen MR) is 91.4 cm³/mol. The number of fused-ring (bicyclic) bond motifs is 1. The lowest BCUT2D eigenvalue weighted by molar-refractivity contribution is 0.511. The molecular weight excluding hydrogens is 256 g/mol. The molecular formula is C19H28N2. The molecule has 0 amide bonds. The van der Waals surface area contributed by atoms with Crippen LogP contribution in [0.15, 0.2) is 36.4 Å². The lowest BCUT2D eigenvalue weighted by Gasteiger charge is -2.06. The van der Waals surface area contributed by atoms with E-state index in [0.29, 0.717) is 0 Å². The summed E-state index contributed by atoms with van der Waals surface area (Å²) in [6.45, 7) is 6.57. The van der Waals surface area contributed by atoms with Gasteiger partial charge in [0.25, 0.3) is 0 Å². The van der Waals surface area contributed by atoms with Crippen molar-refractivity contribution < 1.29 is 0 Å². The van der Waals surface area contributed by atoms with Crippen LogP contribution in [0.4, 0.5) is 0 Å². The van der Waals surface area contributed by atoms with Gasteiger partial charge in [0.05, 0.1) is 11.2 Å². The summed E-state index contributed by atoms with van der Waals surface area (Å²) in [5.74, 6) is 0.849. The van der Waals surface area contributed by atoms with Gasteiger partial charge in [-0.15, -0.1) is 0 Å². The second-order valence-corrected chi connectivity index (χ2v) is 6.27. The topological polar surface area (TPSA) is 24.9 Å². The van der Waals surface area contributed by atoms with Gasteiger partial charge in [0.2, 0.25) is 0 Å². The Kier molecular flexibility index (Phi) is 6.68. The Morgan fingerprint density at radius 1 is 0.952 bits per heavy atom. The second-order valence-electron chi connectivity index (χ2n) is 6.27. The van der Waals surface area contributed by atoms with Gasteiger partial charge in [-0.1, -0.05) is 63.8 Å². The third kappa shape index (κ3) is 5.84. The molecule has 0 fully saturated rings. The van der Waals surface area contributed by atoms with E-state index in [2.05, 4.69) is 54.5 Å². The first kappa shape index (κ1) is 16.0. The normalized spacial score (nSPS) is 11.4. The van der Waals surface area contributed by atoms with Crippen LogP contribution < -0.4 is 5.32 Å². The number of aromatic nitrogens is 1. The van der Waals surface area contributed by atoms with Crippen molar-refractivity contribution in [2.45, 2.75) is 52.5 Å². The number of nitrogens with zero attached hydrogens (tertiary/aromatic N) is 1. The van der Waals surface area contributed by atoms with Crippen LogP contribution >= 0.6 is 0 Å². The number of hydrogen-bond donors (Lipinski definition) is 1. The molecule has 114 valence electrons. The Balaban J connectivity index is 1.61. The summed E-state index contributed by atoms with van der Waals surface area (Å²) in [5, 5.41) is 4.72. The lowest BCUT2D eigenvalue weighted by Crippen LogP contribution is -2.15. The number of hydrogen-bond acceptors (Lipinski definition) is 2. The van der Waals surface area contributed by atoms with Crippen molar-refractivity contribution in [2.75, 3.05) is 6.54 Å². The fourth-order valence-corrected chi connectivity index (χ4v) is 2.58. The molecule has 0 saturated heterocycles. The van der Waals surface area contributed by atoms with Crippen molar-refractivity contribution in [1.29, 1.82) is 0 Å². The number of unbranched alkanes of at least 4 members (excludes halogenated alkanes) is 3. The first-order valence-corrected chi connectivity index (χ1v) is 8.31. The van der Waals surface area contributed by atoms with Crippen LogP contribution in [0.5, 0.6) is 0 Å². The number of nitrogens with one attached hydrogen (secondary N) is 1. The maximum atomic E-state index is 4.68. The number of rotatable bonds is 9. The van der Waals surface area contributed by atoms with Crippen LogP contribution in [0.25, 0.3) is 10.9 Å². The summed E-state index contributed by atoms with van der Waals surface area (Å²) in [5.41, 5.74) is 2.22. The van der Waals surface area contributed by atoms with E-state index in [0.717, 1.165) is 30.2 Å². The second kappa shape index (κ2) is 8.78. The molecule has 21 heavy (non-hydrogen) atoms. The Labute approximate surface area is 129 Å². The average molecular weight is 284 g/mol. The Hall–Kier alpha value is -1.41. The van der Waals surface area contributed by atoms with Crippen molar-refractivity contribution in [3.8, 4) is 0 Å². The van der Waals surface area contributed by atoms with Crippen molar-refractivity contribution >= 4 is 10.9 Å². The van der Waals surface area contributed by atoms with Crippen LogP contribution in [0.3, 0.4) is 0 Å². The quantitative estimate of drug-likeness (QED) is 0.660. The molecule has 0 radical (unpaired) electrons. The van der Waals surface area contributed by atoms with Crippen LogP contribution in [-0.2, 0) is 6.54 Å². The van der Waals surface area contributed by atoms with Gasteiger partial charge in [-0.25, -0.2) is 0 Å². The maximum absolute atomic E-state index is 4.68. The SMILES string of the molecule is CC(C)CCCCCCNCc1ccc2ccccc2n1. The molecule has 0 bridgehead atoms. The van der Waals surface area contributed by atoms with Crippen molar-refractivity contribution in [3.05, 3.63) is 42.1 Å². The molecule has 1 N–H and O–H groups in total. The minimum absolute atomic E-state index is 0.849. The molecule has 0 saturated carbocycles. The molecule has 0 aliphatic rings. The van der Waals surface area contributed by atoms with Crippen LogP contribution in [0.1, 0.15) is 51.6 Å². The molecule has 2 nitrogen and oxygen atoms in total. The van der Waals surface area contributed by atoms with Gasteiger partial charge in [0.15, 0.2) is 0 Å². The van der Waals surface area contributed by atoms with E-state index in [9.17, 15) is 0 Å². The highest BCUT2D eigenvalue weighted by Gasteiger charge is 1.98. The molecule has 0 atom stereocenters. The lowest BCUT2D eigenvalue weighted by atomic mass is 10.0. The Morgan fingerprint density at radius 3 is 2.62 bits per heavy atom. The van der Waals surface area contributed by atoms with Crippen molar-refractivity contribution in [2.24, 2.45) is 5.92 Å². The molecule has 1 aromatic carbocycles. The Bertz CT molecular complexity index is 534. The standard InChI is InChI=1S/C19H28N2/c1-16(2)9-5-3-4-8-14-20-15-18-13-12-17-10-6-7-11-19(17)21-18/h6-7,10-13,16,20H,3-5,8-9,14-15H2,1-2H3. The largest absolute Gasteiger partial charge is 0.311 e. The number of pyridine rings is 1. The van der Waals surface area contributed by atoms with Crippen LogP contribution in [-0.4, -0.2) is 11.5 Å². The third-order valence-corrected chi connectivity index (χ3v) is 3.85. The minimum Gasteiger partial charge on any atom is -0.311 e. The highest BCUT2D eigenvalue weighted by Crippen LogP contribution is 2.12. The van der Waals surface area contributed by atoms with E-state index in [4.69, 9.17) is 0 Å². The fraction of sp³-hybridized carbons (Fsp3) is 0.526. The zero-order valence-electron chi connectivity index (χ0n) is 13.4. The van der Waals surface area contributed by atoms with E-state index in [1.807, 2.05) is 6.07 Å². The molecule has 1 heterocycles. The Morgan fingerprint density at radius 2 is 1.76 bits per heavy atom. The summed E-state index contributed by atoms with van der Waals surface area (Å²) < 4.78 is 0. The third-order valence-electron chi connectivity index (χ3n) is 3.85. The molecule has 0 aliphatic carbocycles. The fourth-order valence-electron chi connectivity index (χ4n) is 2.58. The summed E-state index contributed by atoms with van der Waals surface area (Å²) in [6.07, 6.45) is 6.73. The molecule has 2 rings (SSSR count). The van der Waals surface area contributed by atoms with Gasteiger partial charge in [0, 0.05) is 11.9 Å². The van der Waals surface area contributed by atoms with Gasteiger partial charge in [-0.3, -0.25) is 4.98 Å². The monoisotopic (exact) mass is 284 g/mol. The smallest absolute Gasteiger partial charge is 0.0705 e. The number of para-hydroxylation sites is 1. The summed E-state index contributed by atoms with van der Waals surface area (Å²) >= 11 is 0. The van der Waals surface area contributed by atoms with Gasteiger partial charge in [-0.2, -0.15) is 0 Å². The van der Waals surface area contributed by atoms with Crippen LogP contribution in [0, 0.1) is 5.92 Å². The molecule has 2 heteroatoms. The molecule has 0 aliphatic heterocycles. The summed E-state index contributed by atoms with van der Waals surface area (Å²) in [7, 11) is 0. The summed E-state index contributed by atoms with van der Waals surface area (Å²) in [4.78, 5) is 4.68. The highest BCUT2D eigenvalue weighted by atomic mass is 14.9. The van der Waals surface area contributed by atoms with E-state index in [1.54, 1.807) is 0 Å². The molecule has 0 spiro atoms. The zero-order chi connectivity index (χ0) is 14.9. The summed E-state index contributed by atoms with van der Waals surface area (Å²) in [6, 6.07) is 12.6. The van der Waals surface area contributed by atoms with E-state index >= 15 is 0 Å². The van der Waals surface area contributed by atoms with E-state index < -0.39 is 0 Å².